The van der Waals surface area contributed by atoms with Gasteiger partial charge in [-0.3, -0.25) is 4.99 Å². The van der Waals surface area contributed by atoms with Crippen molar-refractivity contribution in [2.75, 3.05) is 92.0 Å². The van der Waals surface area contributed by atoms with Crippen LogP contribution in [0.4, 0.5) is 0 Å². The van der Waals surface area contributed by atoms with Crippen LogP contribution >= 0.6 is 11.8 Å². The average Bonchev–Trinajstić information content (AvgIpc) is 3.27. The third-order valence-electron chi connectivity index (χ3n) is 5.44. The number of carboxylic acids is 1. The summed E-state index contributed by atoms with van der Waals surface area (Å²) in [4.78, 5) is 16.8. The van der Waals surface area contributed by atoms with Crippen molar-refractivity contribution < 1.29 is 48.7 Å². The molecule has 204 valence electrons. The summed E-state index contributed by atoms with van der Waals surface area (Å²) >= 11 is 1.27. The van der Waals surface area contributed by atoms with Gasteiger partial charge in [-0.2, -0.15) is 0 Å². The molecule has 1 aromatic rings. The maximum absolute atomic E-state index is 11.2. The molecular formula is C24H38N2O9S. The molecule has 0 saturated carbocycles. The third kappa shape index (κ3) is 10.6. The lowest BCUT2D eigenvalue weighted by Crippen LogP contribution is -3.14. The van der Waals surface area contributed by atoms with Gasteiger partial charge in [0.1, 0.15) is 48.3 Å². The van der Waals surface area contributed by atoms with E-state index in [1.807, 2.05) is 0 Å². The summed E-state index contributed by atoms with van der Waals surface area (Å²) in [5.41, 5.74) is -0.798. The Bertz CT molecular complexity index is 818. The van der Waals surface area contributed by atoms with Gasteiger partial charge in [-0.25, -0.2) is 0 Å². The van der Waals surface area contributed by atoms with E-state index in [2.05, 4.69) is 4.99 Å². The van der Waals surface area contributed by atoms with Crippen molar-refractivity contribution in [3.8, 4) is 11.5 Å². The second kappa shape index (κ2) is 16.7. The van der Waals surface area contributed by atoms with Crippen LogP contribution in [-0.2, 0) is 23.7 Å². The number of aliphatic hydroxyl groups is 1. The highest BCUT2D eigenvalue weighted by Gasteiger charge is 2.33. The van der Waals surface area contributed by atoms with Crippen LogP contribution in [-0.4, -0.2) is 119 Å². The number of phenolic OH excluding ortho intramolecular Hbond substituents is 1. The molecule has 1 aromatic carbocycles. The largest absolute Gasteiger partial charge is 0.547 e. The van der Waals surface area contributed by atoms with Gasteiger partial charge in [0.15, 0.2) is 0 Å². The van der Waals surface area contributed by atoms with E-state index >= 15 is 0 Å². The summed E-state index contributed by atoms with van der Waals surface area (Å²) < 4.78 is 26.2. The minimum atomic E-state index is -1.27. The summed E-state index contributed by atoms with van der Waals surface area (Å²) in [5.74, 6) is -0.487. The Balaban J connectivity index is 0.000000425. The maximum Gasteiger partial charge on any atom is 0.129 e. The van der Waals surface area contributed by atoms with E-state index in [1.54, 1.807) is 19.2 Å². The van der Waals surface area contributed by atoms with Crippen LogP contribution in [0.2, 0.25) is 0 Å². The van der Waals surface area contributed by atoms with Crippen LogP contribution in [0, 0.1) is 0 Å². The Morgan fingerprint density at radius 3 is 2.42 bits per heavy atom. The zero-order valence-corrected chi connectivity index (χ0v) is 21.8. The van der Waals surface area contributed by atoms with Crippen LogP contribution in [0.15, 0.2) is 23.2 Å². The van der Waals surface area contributed by atoms with E-state index < -0.39 is 11.5 Å². The molecule has 2 aliphatic rings. The fourth-order valence-electron chi connectivity index (χ4n) is 3.27. The number of rotatable bonds is 14. The van der Waals surface area contributed by atoms with Gasteiger partial charge in [-0.1, -0.05) is 0 Å². The average molecular weight is 531 g/mol. The van der Waals surface area contributed by atoms with Crippen molar-refractivity contribution in [3.05, 3.63) is 23.8 Å². The van der Waals surface area contributed by atoms with Crippen LogP contribution in [0.3, 0.4) is 0 Å². The van der Waals surface area contributed by atoms with E-state index in [1.165, 1.54) is 29.7 Å². The predicted octanol–water partition coefficient (Wildman–Crippen LogP) is -1.65. The van der Waals surface area contributed by atoms with Crippen molar-refractivity contribution in [2.45, 2.75) is 12.5 Å². The van der Waals surface area contributed by atoms with E-state index in [9.17, 15) is 15.0 Å². The third-order valence-corrected chi connectivity index (χ3v) is 6.73. The van der Waals surface area contributed by atoms with Gasteiger partial charge in [0.25, 0.3) is 0 Å². The first-order valence-electron chi connectivity index (χ1n) is 12.0. The summed E-state index contributed by atoms with van der Waals surface area (Å²) in [6.45, 7) is 9.27. The first-order chi connectivity index (χ1) is 17.4. The van der Waals surface area contributed by atoms with E-state index in [0.29, 0.717) is 62.6 Å². The number of carbonyl (C=O) groups is 1. The number of aliphatic imine (C=N–C) groups is 1. The Hall–Kier alpha value is -1.93. The topological polar surface area (TPSA) is 144 Å². The quantitative estimate of drug-likeness (QED) is 0.239. The van der Waals surface area contributed by atoms with Crippen molar-refractivity contribution >= 4 is 22.8 Å². The summed E-state index contributed by atoms with van der Waals surface area (Å²) in [5, 5.41) is 30.4. The molecule has 1 saturated heterocycles. The monoisotopic (exact) mass is 530 g/mol. The number of aliphatic hydroxyl groups excluding tert-OH is 1. The van der Waals surface area contributed by atoms with E-state index in [-0.39, 0.29) is 11.5 Å². The highest BCUT2D eigenvalue weighted by molar-refractivity contribution is 8.14. The fourth-order valence-corrected chi connectivity index (χ4v) is 4.47. The smallest absolute Gasteiger partial charge is 0.129 e. The molecule has 1 fully saturated rings. The Morgan fingerprint density at radius 2 is 1.83 bits per heavy atom. The first kappa shape index (κ1) is 30.3. The molecule has 0 unspecified atom stereocenters. The lowest BCUT2D eigenvalue weighted by molar-refractivity contribution is -0.908. The van der Waals surface area contributed by atoms with Gasteiger partial charge in [0.05, 0.1) is 58.8 Å². The number of methoxy groups -OCH3 is 1. The number of carbonyl (C=O) groups excluding carboxylic acids is 1. The Kier molecular flexibility index (Phi) is 14.1. The number of ether oxygens (including phenoxy) is 5. The lowest BCUT2D eigenvalue weighted by Gasteiger charge is -2.22. The molecular weight excluding hydrogens is 492 g/mol. The lowest BCUT2D eigenvalue weighted by atomic mass is 10.1. The number of phenols is 1. The number of thioether (sulfide) groups is 1. The molecule has 0 amide bonds. The van der Waals surface area contributed by atoms with Gasteiger partial charge < -0.3 is 48.7 Å². The summed E-state index contributed by atoms with van der Waals surface area (Å²) in [6.07, 6.45) is 0. The first-order valence-corrected chi connectivity index (χ1v) is 12.9. The minimum absolute atomic E-state index is 0.0196. The number of carboxylic acid groups (broad SMARTS) is 1. The molecule has 3 rings (SSSR count). The fraction of sp³-hybridized carbons (Fsp3) is 0.667. The molecule has 0 bridgehead atoms. The van der Waals surface area contributed by atoms with Gasteiger partial charge in [0, 0.05) is 24.5 Å². The van der Waals surface area contributed by atoms with Gasteiger partial charge in [0.2, 0.25) is 0 Å². The highest BCUT2D eigenvalue weighted by atomic mass is 32.2. The summed E-state index contributed by atoms with van der Waals surface area (Å²) in [7, 11) is 1.62. The molecule has 0 aliphatic carbocycles. The molecule has 2 aliphatic heterocycles. The van der Waals surface area contributed by atoms with Crippen molar-refractivity contribution in [1.82, 2.24) is 0 Å². The van der Waals surface area contributed by atoms with E-state index in [0.717, 1.165) is 32.8 Å². The van der Waals surface area contributed by atoms with Crippen LogP contribution in [0.25, 0.3) is 0 Å². The molecule has 0 aromatic heterocycles. The second-order valence-electron chi connectivity index (χ2n) is 8.35. The normalized spacial score (nSPS) is 19.9. The molecule has 2 heterocycles. The standard InChI is InChI=1S/C18H25NO7S.C6H13NO2/c1-18(17(21)22)12-27-16(19-18)14-4-3-13(11-15(14)20)26-10-9-25-8-7-24-6-5-23-2;8-4-1-7-2-5-9-6-3-7/h3-4,11,20H,5-10,12H2,1-2H3,(H,21,22);8H,1-6H2/t18-;/m1./s1. The predicted molar refractivity (Wildman–Crippen MR) is 133 cm³/mol. The van der Waals surface area contributed by atoms with Gasteiger partial charge in [-0.05, 0) is 19.1 Å². The molecule has 12 heteroatoms. The molecule has 1 atom stereocenters. The SMILES string of the molecule is COCCOCCOCCOc1ccc(C2=N[C@@](C)(C(=O)[O-])CS2)c(O)c1.OCC[NH+]1CCOCC1. The van der Waals surface area contributed by atoms with Crippen LogP contribution in [0.5, 0.6) is 11.5 Å². The number of hydrogen-bond donors (Lipinski definition) is 3. The number of aliphatic carboxylic acids is 1. The Labute approximate surface area is 216 Å². The molecule has 11 nitrogen and oxygen atoms in total. The van der Waals surface area contributed by atoms with Crippen LogP contribution < -0.4 is 14.7 Å². The van der Waals surface area contributed by atoms with Crippen molar-refractivity contribution in [3.63, 3.8) is 0 Å². The number of benzene rings is 1. The molecule has 0 radical (unpaired) electrons. The number of nitrogens with zero attached hydrogens (tertiary/aromatic N) is 1. The number of aromatic hydroxyl groups is 1. The zero-order valence-electron chi connectivity index (χ0n) is 21.0. The molecule has 36 heavy (non-hydrogen) atoms. The number of morpholine rings is 1. The molecule has 3 N–H and O–H groups in total. The van der Waals surface area contributed by atoms with E-state index in [4.69, 9.17) is 28.8 Å². The Morgan fingerprint density at radius 1 is 1.17 bits per heavy atom. The minimum Gasteiger partial charge on any atom is -0.547 e. The van der Waals surface area contributed by atoms with Gasteiger partial charge >= 0.3 is 0 Å². The summed E-state index contributed by atoms with van der Waals surface area (Å²) in [6, 6.07) is 4.82. The van der Waals surface area contributed by atoms with Crippen molar-refractivity contribution in [2.24, 2.45) is 4.99 Å². The highest BCUT2D eigenvalue weighted by Crippen LogP contribution is 2.35. The van der Waals surface area contributed by atoms with Crippen molar-refractivity contribution in [1.29, 1.82) is 0 Å². The number of hydrogen-bond acceptors (Lipinski definition) is 11. The van der Waals surface area contributed by atoms with Crippen LogP contribution in [0.1, 0.15) is 12.5 Å². The number of quaternary nitrogens is 1. The second-order valence-corrected chi connectivity index (χ2v) is 9.31. The maximum atomic E-state index is 11.2. The molecule has 0 spiro atoms. The number of nitrogens with one attached hydrogen (secondary N) is 1. The van der Waals surface area contributed by atoms with Gasteiger partial charge in [-0.15, -0.1) is 11.8 Å². The zero-order chi connectivity index (χ0) is 26.2.